The second-order valence-electron chi connectivity index (χ2n) is 7.54. The van der Waals surface area contributed by atoms with Crippen LogP contribution in [0.1, 0.15) is 41.5 Å². The number of aryl methyl sites for hydroxylation is 2. The summed E-state index contributed by atoms with van der Waals surface area (Å²) in [5.74, 6) is 0.422. The minimum absolute atomic E-state index is 0.0768. The third-order valence-electron chi connectivity index (χ3n) is 5.20. The van der Waals surface area contributed by atoms with Crippen molar-refractivity contribution >= 4 is 5.91 Å². The normalized spacial score (nSPS) is 16.7. The van der Waals surface area contributed by atoms with Gasteiger partial charge in [0.25, 0.3) is 0 Å². The maximum atomic E-state index is 12.5. The molecule has 6 nitrogen and oxygen atoms in total. The van der Waals surface area contributed by atoms with Crippen LogP contribution in [0.4, 0.5) is 13.2 Å². The second kappa shape index (κ2) is 8.05. The highest BCUT2D eigenvalue weighted by molar-refractivity contribution is 5.79. The maximum Gasteiger partial charge on any atom is 0.573 e. The summed E-state index contributed by atoms with van der Waals surface area (Å²) < 4.78 is 46.4. The third kappa shape index (κ3) is 4.70. The lowest BCUT2D eigenvalue weighted by molar-refractivity contribution is -0.274. The summed E-state index contributed by atoms with van der Waals surface area (Å²) in [6.07, 6.45) is -3.88. The lowest BCUT2D eigenvalue weighted by Gasteiger charge is -2.22. The molecule has 0 bridgehead atoms. The van der Waals surface area contributed by atoms with Gasteiger partial charge in [-0.05, 0) is 49.6 Å². The van der Waals surface area contributed by atoms with Crippen molar-refractivity contribution in [2.75, 3.05) is 0 Å². The van der Waals surface area contributed by atoms with Crippen molar-refractivity contribution in [2.45, 2.75) is 45.6 Å². The van der Waals surface area contributed by atoms with Crippen LogP contribution in [0.3, 0.4) is 0 Å². The smallest absolute Gasteiger partial charge is 0.406 e. The van der Waals surface area contributed by atoms with Gasteiger partial charge in [0.1, 0.15) is 11.8 Å². The zero-order valence-corrected chi connectivity index (χ0v) is 16.9. The Labute approximate surface area is 176 Å². The predicted octanol–water partition coefficient (Wildman–Crippen LogP) is 5.12. The zero-order valence-electron chi connectivity index (χ0n) is 16.9. The SMILES string of the molecule is Cc1ccc(C)c(-c2noc(C3CCC(=O)N3Cc3ccc(OC(F)(F)F)cc3)n2)c1. The molecule has 9 heteroatoms. The molecule has 0 aliphatic carbocycles. The van der Waals surface area contributed by atoms with Crippen molar-refractivity contribution < 1.29 is 27.2 Å². The summed E-state index contributed by atoms with van der Waals surface area (Å²) in [4.78, 5) is 18.6. The molecule has 1 amide bonds. The molecular formula is C22H20F3N3O3. The van der Waals surface area contributed by atoms with Crippen LogP contribution in [0.15, 0.2) is 47.0 Å². The number of carbonyl (C=O) groups excluding carboxylic acids is 1. The summed E-state index contributed by atoms with van der Waals surface area (Å²) in [5, 5.41) is 4.10. The van der Waals surface area contributed by atoms with Gasteiger partial charge in [0.05, 0.1) is 0 Å². The van der Waals surface area contributed by atoms with Crippen molar-refractivity contribution in [2.24, 2.45) is 0 Å². The molecule has 0 N–H and O–H groups in total. The molecular weight excluding hydrogens is 411 g/mol. The molecule has 0 radical (unpaired) electrons. The Morgan fingerprint density at radius 3 is 2.61 bits per heavy atom. The number of aromatic nitrogens is 2. The van der Waals surface area contributed by atoms with E-state index >= 15 is 0 Å². The van der Waals surface area contributed by atoms with Crippen molar-refractivity contribution in [1.82, 2.24) is 15.0 Å². The van der Waals surface area contributed by atoms with Gasteiger partial charge in [-0.15, -0.1) is 13.2 Å². The molecule has 1 saturated heterocycles. The third-order valence-corrected chi connectivity index (χ3v) is 5.20. The monoisotopic (exact) mass is 431 g/mol. The number of likely N-dealkylation sites (tertiary alicyclic amines) is 1. The summed E-state index contributed by atoms with van der Waals surface area (Å²) in [7, 11) is 0. The Kier molecular flexibility index (Phi) is 5.43. The van der Waals surface area contributed by atoms with Gasteiger partial charge in [0, 0.05) is 18.5 Å². The van der Waals surface area contributed by atoms with Gasteiger partial charge in [0.2, 0.25) is 17.6 Å². The topological polar surface area (TPSA) is 68.5 Å². The standard InChI is InChI=1S/C22H20F3N3O3/c1-13-3-4-14(2)17(11-13)20-26-21(31-27-20)18-9-10-19(29)28(18)12-15-5-7-16(8-6-15)30-22(23,24)25/h3-8,11,18H,9-10,12H2,1-2H3. The van der Waals surface area contributed by atoms with E-state index in [-0.39, 0.29) is 24.2 Å². The highest BCUT2D eigenvalue weighted by atomic mass is 19.4. The van der Waals surface area contributed by atoms with E-state index < -0.39 is 6.36 Å². The molecule has 2 heterocycles. The van der Waals surface area contributed by atoms with Gasteiger partial charge in [-0.1, -0.05) is 35.0 Å². The van der Waals surface area contributed by atoms with Crippen LogP contribution in [0.5, 0.6) is 5.75 Å². The van der Waals surface area contributed by atoms with Gasteiger partial charge in [-0.3, -0.25) is 4.79 Å². The maximum absolute atomic E-state index is 12.5. The summed E-state index contributed by atoms with van der Waals surface area (Å²) in [6, 6.07) is 11.0. The van der Waals surface area contributed by atoms with Crippen LogP contribution >= 0.6 is 0 Å². The number of halogens is 3. The Hall–Kier alpha value is -3.36. The van der Waals surface area contributed by atoms with E-state index in [0.717, 1.165) is 16.7 Å². The van der Waals surface area contributed by atoms with Crippen LogP contribution < -0.4 is 4.74 Å². The summed E-state index contributed by atoms with van der Waals surface area (Å²) in [6.45, 7) is 4.16. The number of nitrogens with zero attached hydrogens (tertiary/aromatic N) is 3. The first kappa shape index (κ1) is 20.9. The minimum Gasteiger partial charge on any atom is -0.406 e. The molecule has 3 aromatic rings. The quantitative estimate of drug-likeness (QED) is 0.561. The van der Waals surface area contributed by atoms with Crippen LogP contribution in [0, 0.1) is 13.8 Å². The molecule has 1 unspecified atom stereocenters. The first-order valence-electron chi connectivity index (χ1n) is 9.75. The molecule has 2 aromatic carbocycles. The molecule has 4 rings (SSSR count). The molecule has 1 aliphatic heterocycles. The minimum atomic E-state index is -4.75. The van der Waals surface area contributed by atoms with Crippen LogP contribution in [-0.2, 0) is 11.3 Å². The predicted molar refractivity (Wildman–Crippen MR) is 105 cm³/mol. The average molecular weight is 431 g/mol. The molecule has 1 aliphatic rings. The molecule has 0 saturated carbocycles. The number of hydrogen-bond donors (Lipinski definition) is 0. The largest absolute Gasteiger partial charge is 0.573 e. The van der Waals surface area contributed by atoms with Crippen molar-refractivity contribution in [1.29, 1.82) is 0 Å². The van der Waals surface area contributed by atoms with E-state index in [0.29, 0.717) is 30.1 Å². The van der Waals surface area contributed by atoms with E-state index in [9.17, 15) is 18.0 Å². The van der Waals surface area contributed by atoms with Gasteiger partial charge >= 0.3 is 6.36 Å². The zero-order chi connectivity index (χ0) is 22.2. The van der Waals surface area contributed by atoms with Gasteiger partial charge in [-0.2, -0.15) is 4.98 Å². The molecule has 0 spiro atoms. The van der Waals surface area contributed by atoms with Crippen molar-refractivity contribution in [3.8, 4) is 17.1 Å². The van der Waals surface area contributed by atoms with Crippen molar-refractivity contribution in [3.05, 3.63) is 65.0 Å². The summed E-state index contributed by atoms with van der Waals surface area (Å²) in [5.41, 5.74) is 3.62. The fraction of sp³-hybridized carbons (Fsp3) is 0.318. The van der Waals surface area contributed by atoms with Crippen LogP contribution in [0.2, 0.25) is 0 Å². The second-order valence-corrected chi connectivity index (χ2v) is 7.54. The number of rotatable bonds is 5. The molecule has 162 valence electrons. The van der Waals surface area contributed by atoms with Gasteiger partial charge in [-0.25, -0.2) is 0 Å². The lowest BCUT2D eigenvalue weighted by atomic mass is 10.1. The Morgan fingerprint density at radius 2 is 1.90 bits per heavy atom. The molecule has 1 aromatic heterocycles. The fourth-order valence-electron chi connectivity index (χ4n) is 3.64. The number of amides is 1. The first-order valence-corrected chi connectivity index (χ1v) is 9.75. The highest BCUT2D eigenvalue weighted by Gasteiger charge is 2.36. The molecule has 31 heavy (non-hydrogen) atoms. The fourth-order valence-corrected chi connectivity index (χ4v) is 3.64. The van der Waals surface area contributed by atoms with E-state index in [1.54, 1.807) is 4.90 Å². The van der Waals surface area contributed by atoms with E-state index in [1.807, 2.05) is 32.0 Å². The number of hydrogen-bond acceptors (Lipinski definition) is 5. The highest BCUT2D eigenvalue weighted by Crippen LogP contribution is 2.35. The molecule has 1 fully saturated rings. The Morgan fingerprint density at radius 1 is 1.16 bits per heavy atom. The van der Waals surface area contributed by atoms with Crippen LogP contribution in [0.25, 0.3) is 11.4 Å². The number of alkyl halides is 3. The number of benzene rings is 2. The Balaban J connectivity index is 1.52. The average Bonchev–Trinajstić information content (AvgIpc) is 3.31. The molecule has 1 atom stereocenters. The first-order chi connectivity index (χ1) is 14.7. The Bertz CT molecular complexity index is 1090. The number of carbonyl (C=O) groups is 1. The summed E-state index contributed by atoms with van der Waals surface area (Å²) >= 11 is 0. The van der Waals surface area contributed by atoms with E-state index in [2.05, 4.69) is 14.9 Å². The number of ether oxygens (including phenoxy) is 1. The van der Waals surface area contributed by atoms with E-state index in [4.69, 9.17) is 4.52 Å². The lowest BCUT2D eigenvalue weighted by Crippen LogP contribution is -2.27. The van der Waals surface area contributed by atoms with Crippen LogP contribution in [-0.4, -0.2) is 27.3 Å². The van der Waals surface area contributed by atoms with E-state index in [1.165, 1.54) is 24.3 Å². The van der Waals surface area contributed by atoms with Crippen molar-refractivity contribution in [3.63, 3.8) is 0 Å². The van der Waals surface area contributed by atoms with Gasteiger partial charge < -0.3 is 14.2 Å². The van der Waals surface area contributed by atoms with Gasteiger partial charge in [0.15, 0.2) is 0 Å².